The fourth-order valence-corrected chi connectivity index (χ4v) is 3.92. The van der Waals surface area contributed by atoms with Crippen molar-refractivity contribution in [3.05, 3.63) is 60.7 Å². The van der Waals surface area contributed by atoms with Gasteiger partial charge in [0.1, 0.15) is 29.5 Å². The zero-order chi connectivity index (χ0) is 24.6. The fourth-order valence-electron chi connectivity index (χ4n) is 3.92. The van der Waals surface area contributed by atoms with Crippen molar-refractivity contribution in [2.45, 2.75) is 32.6 Å². The summed E-state index contributed by atoms with van der Waals surface area (Å²) in [5.41, 5.74) is 2.89. The molecule has 0 saturated carbocycles. The molecule has 0 amide bonds. The Balaban J connectivity index is 1.62. The van der Waals surface area contributed by atoms with E-state index in [1.807, 2.05) is 31.2 Å². The van der Waals surface area contributed by atoms with Gasteiger partial charge in [-0.15, -0.1) is 0 Å². The van der Waals surface area contributed by atoms with E-state index in [-0.39, 0.29) is 11.8 Å². The molecule has 0 saturated heterocycles. The largest absolute Gasteiger partial charge is 0.497 e. The van der Waals surface area contributed by atoms with Crippen molar-refractivity contribution < 1.29 is 23.1 Å². The molecule has 7 nitrogen and oxygen atoms in total. The molecule has 0 aliphatic rings. The summed E-state index contributed by atoms with van der Waals surface area (Å²) in [6.45, 7) is 2.89. The third-order valence-electron chi connectivity index (χ3n) is 5.63. The number of unbranched alkanes of at least 4 members (excludes halogenated alkanes) is 2. The number of hydrogen-bond donors (Lipinski definition) is 1. The number of aromatic nitrogens is 2. The van der Waals surface area contributed by atoms with Gasteiger partial charge in [-0.3, -0.25) is 4.79 Å². The van der Waals surface area contributed by atoms with E-state index in [0.717, 1.165) is 47.1 Å². The van der Waals surface area contributed by atoms with Gasteiger partial charge in [0.2, 0.25) is 5.71 Å². The molecule has 4 aromatic rings. The van der Waals surface area contributed by atoms with E-state index >= 15 is 0 Å². The van der Waals surface area contributed by atoms with Crippen molar-refractivity contribution in [1.82, 2.24) is 9.97 Å². The van der Waals surface area contributed by atoms with Gasteiger partial charge in [-0.25, -0.2) is 14.4 Å². The zero-order valence-electron chi connectivity index (χ0n) is 19.8. The van der Waals surface area contributed by atoms with Crippen LogP contribution in [0, 0.1) is 5.82 Å². The molecule has 35 heavy (non-hydrogen) atoms. The lowest BCUT2D eigenvalue weighted by Crippen LogP contribution is -2.06. The molecule has 4 rings (SSSR count). The maximum Gasteiger partial charge on any atom is 0.305 e. The average molecular weight is 478 g/mol. The fraction of sp³-hybridized carbons (Fsp3) is 0.296. The van der Waals surface area contributed by atoms with Gasteiger partial charge in [0.15, 0.2) is 0 Å². The molecule has 0 spiro atoms. The summed E-state index contributed by atoms with van der Waals surface area (Å²) in [5, 5.41) is 4.15. The van der Waals surface area contributed by atoms with Crippen LogP contribution < -0.4 is 10.1 Å². The molecule has 0 bridgehead atoms. The van der Waals surface area contributed by atoms with Gasteiger partial charge >= 0.3 is 5.97 Å². The van der Waals surface area contributed by atoms with Crippen molar-refractivity contribution in [3.63, 3.8) is 0 Å². The molecule has 1 N–H and O–H groups in total. The number of furan rings is 1. The molecule has 0 aliphatic heterocycles. The van der Waals surface area contributed by atoms with E-state index in [4.69, 9.17) is 13.9 Å². The normalized spacial score (nSPS) is 10.9. The molecule has 2 aromatic carbocycles. The third kappa shape index (κ3) is 5.77. The van der Waals surface area contributed by atoms with E-state index in [0.29, 0.717) is 36.9 Å². The summed E-state index contributed by atoms with van der Waals surface area (Å²) in [6, 6.07) is 13.8. The van der Waals surface area contributed by atoms with Gasteiger partial charge in [0, 0.05) is 24.1 Å². The Bertz CT molecular complexity index is 1270. The van der Waals surface area contributed by atoms with Gasteiger partial charge < -0.3 is 19.2 Å². The summed E-state index contributed by atoms with van der Waals surface area (Å²) < 4.78 is 30.0. The van der Waals surface area contributed by atoms with Crippen LogP contribution in [0.4, 0.5) is 10.2 Å². The standard InChI is InChI=1S/C27H28FN3O4/c1-3-34-22(32)7-5-4-6-16-29-26-24-23(18-10-14-21(33-2)15-11-18)25(35-27(24)31-17-30-26)19-8-12-20(28)13-9-19/h8-15,17H,3-7,16H2,1-2H3,(H,29,30,31). The van der Waals surface area contributed by atoms with Crippen LogP contribution in [0.5, 0.6) is 5.75 Å². The molecule has 8 heteroatoms. The Hall–Kier alpha value is -3.94. The van der Waals surface area contributed by atoms with E-state index in [2.05, 4.69) is 15.3 Å². The lowest BCUT2D eigenvalue weighted by Gasteiger charge is -2.09. The summed E-state index contributed by atoms with van der Waals surface area (Å²) in [7, 11) is 1.62. The summed E-state index contributed by atoms with van der Waals surface area (Å²) in [6.07, 6.45) is 4.41. The number of benzene rings is 2. The molecule has 182 valence electrons. The van der Waals surface area contributed by atoms with Crippen LogP contribution in [0.3, 0.4) is 0 Å². The first-order valence-corrected chi connectivity index (χ1v) is 11.7. The van der Waals surface area contributed by atoms with Crippen molar-refractivity contribution in [2.24, 2.45) is 0 Å². The van der Waals surface area contributed by atoms with Crippen LogP contribution in [0.15, 0.2) is 59.3 Å². The highest BCUT2D eigenvalue weighted by Crippen LogP contribution is 2.42. The van der Waals surface area contributed by atoms with Gasteiger partial charge in [0.25, 0.3) is 0 Å². The Kier molecular flexibility index (Phi) is 7.92. The Labute approximate surface area is 203 Å². The second-order valence-electron chi connectivity index (χ2n) is 7.99. The Morgan fingerprint density at radius 2 is 1.74 bits per heavy atom. The number of carbonyl (C=O) groups is 1. The summed E-state index contributed by atoms with van der Waals surface area (Å²) >= 11 is 0. The molecular weight excluding hydrogens is 449 g/mol. The number of rotatable bonds is 11. The molecule has 0 unspecified atom stereocenters. The van der Waals surface area contributed by atoms with E-state index < -0.39 is 0 Å². The minimum Gasteiger partial charge on any atom is -0.497 e. The van der Waals surface area contributed by atoms with Crippen LogP contribution in [-0.4, -0.2) is 36.2 Å². The highest BCUT2D eigenvalue weighted by molar-refractivity contribution is 6.05. The van der Waals surface area contributed by atoms with Crippen molar-refractivity contribution in [3.8, 4) is 28.2 Å². The van der Waals surface area contributed by atoms with E-state index in [1.54, 1.807) is 19.2 Å². The molecule has 0 radical (unpaired) electrons. The number of esters is 1. The number of halogens is 1. The number of nitrogens with one attached hydrogen (secondary N) is 1. The number of nitrogens with zero attached hydrogens (tertiary/aromatic N) is 2. The lowest BCUT2D eigenvalue weighted by atomic mass is 9.99. The first-order valence-electron chi connectivity index (χ1n) is 11.7. The molecule has 0 fully saturated rings. The molecule has 0 atom stereocenters. The third-order valence-corrected chi connectivity index (χ3v) is 5.63. The lowest BCUT2D eigenvalue weighted by molar-refractivity contribution is -0.143. The second kappa shape index (κ2) is 11.5. The van der Waals surface area contributed by atoms with E-state index in [1.165, 1.54) is 18.5 Å². The van der Waals surface area contributed by atoms with Crippen LogP contribution in [0.25, 0.3) is 33.6 Å². The highest BCUT2D eigenvalue weighted by Gasteiger charge is 2.22. The number of carbonyl (C=O) groups excluding carboxylic acids is 1. The van der Waals surface area contributed by atoms with Gasteiger partial charge in [0.05, 0.1) is 19.1 Å². The molecule has 2 heterocycles. The number of fused-ring (bicyclic) bond motifs is 1. The van der Waals surface area contributed by atoms with Gasteiger partial charge in [-0.05, 0) is 61.7 Å². The number of hydrogen-bond acceptors (Lipinski definition) is 7. The molecule has 2 aromatic heterocycles. The molecule has 0 aliphatic carbocycles. The monoisotopic (exact) mass is 477 g/mol. The predicted octanol–water partition coefficient (Wildman–Crippen LogP) is 6.24. The SMILES string of the molecule is CCOC(=O)CCCCCNc1ncnc2oc(-c3ccc(F)cc3)c(-c3ccc(OC)cc3)c12. The summed E-state index contributed by atoms with van der Waals surface area (Å²) in [4.78, 5) is 20.3. The number of methoxy groups -OCH3 is 1. The average Bonchev–Trinajstić information content (AvgIpc) is 3.27. The quantitative estimate of drug-likeness (QED) is 0.202. The maximum atomic E-state index is 13.6. The highest BCUT2D eigenvalue weighted by atomic mass is 19.1. The van der Waals surface area contributed by atoms with Crippen molar-refractivity contribution >= 4 is 22.9 Å². The first kappa shape index (κ1) is 24.2. The van der Waals surface area contributed by atoms with Gasteiger partial charge in [-0.2, -0.15) is 0 Å². The number of ether oxygens (including phenoxy) is 2. The van der Waals surface area contributed by atoms with Gasteiger partial charge in [-0.1, -0.05) is 18.6 Å². The minimum absolute atomic E-state index is 0.158. The molecular formula is C27H28FN3O4. The minimum atomic E-state index is -0.319. The first-order chi connectivity index (χ1) is 17.1. The summed E-state index contributed by atoms with van der Waals surface area (Å²) in [5.74, 6) is 1.50. The number of anilines is 1. The van der Waals surface area contributed by atoms with Crippen molar-refractivity contribution in [1.29, 1.82) is 0 Å². The Morgan fingerprint density at radius 1 is 1.00 bits per heavy atom. The van der Waals surface area contributed by atoms with Crippen LogP contribution in [0.2, 0.25) is 0 Å². The Morgan fingerprint density at radius 3 is 2.46 bits per heavy atom. The predicted molar refractivity (Wildman–Crippen MR) is 133 cm³/mol. The topological polar surface area (TPSA) is 86.5 Å². The van der Waals surface area contributed by atoms with Crippen LogP contribution in [-0.2, 0) is 9.53 Å². The smallest absolute Gasteiger partial charge is 0.305 e. The zero-order valence-corrected chi connectivity index (χ0v) is 19.8. The van der Waals surface area contributed by atoms with Crippen LogP contribution in [0.1, 0.15) is 32.6 Å². The maximum absolute atomic E-state index is 13.6. The van der Waals surface area contributed by atoms with Crippen LogP contribution >= 0.6 is 0 Å². The second-order valence-corrected chi connectivity index (χ2v) is 7.99. The van der Waals surface area contributed by atoms with E-state index in [9.17, 15) is 9.18 Å². The van der Waals surface area contributed by atoms with Crippen molar-refractivity contribution in [2.75, 3.05) is 25.6 Å².